The van der Waals surface area contributed by atoms with E-state index in [0.29, 0.717) is 86.4 Å². The molecule has 640 valence electrons. The van der Waals surface area contributed by atoms with Crippen LogP contribution in [-0.2, 0) is 66.7 Å². The zero-order chi connectivity index (χ0) is 87.5. The number of aryl methyl sites for hydroxylation is 1. The van der Waals surface area contributed by atoms with Crippen molar-refractivity contribution in [3.63, 3.8) is 0 Å². The first-order chi connectivity index (χ1) is 57.0. The number of carbonyl (C=O) groups excluding carboxylic acids is 9. The van der Waals surface area contributed by atoms with E-state index in [4.69, 9.17) is 30.5 Å². The Balaban J connectivity index is 0.000000194. The molecule has 0 bridgehead atoms. The predicted octanol–water partition coefficient (Wildman–Crippen LogP) is 18.4. The standard InChI is InChI=1S/C23H24F4N2O3.C21H21FN2O4S.C19H18ClFN2O3.C19H19FN2O3S.C3H4BrF3/c1-15(30)28-13-19-14-29(22(31)32-19)18-9-10-20(21(24)12-18)17-7-5-16(6-8-17)4-2-3-11-23(25,26)27;1-13(25)23-10-18-11-24(21(27)28-18)17-7-8-19(20(22)9-17)16-5-3-15(4-6-16)12-29-14(2)26;1-12(24)22-10-16-11-23(19(25)26-16)15-6-7-17(18(21)8-15)14-4-2-13(9-20)3-5-14;1-12(23)21-9-16-10-22(19(24)25-16)15-6-7-17(18(20)8-15)14-4-2-13(11-26)3-5-14;4-2-1-3(5,6)7/h5-10,12,19H,2-4,11,13-14H2,1H3,(H,28,30);3-9,18H,10-12H2,1-2H3,(H,23,25);2-8,16H,9-11H2,1H3,(H,22,24);2-8,16,26H,9-11H2,1H3,(H,21,23);1-2H2/t19-;18-;2*16-;/m0000./s1. The Morgan fingerprint density at radius 2 is 0.692 bits per heavy atom. The summed E-state index contributed by atoms with van der Waals surface area (Å²) >= 11 is 13.9. The summed E-state index contributed by atoms with van der Waals surface area (Å²) in [5.41, 5.74) is 9.96. The Morgan fingerprint density at radius 1 is 0.417 bits per heavy atom. The maximum atomic E-state index is 14.8. The number of nitrogens with one attached hydrogen (secondary N) is 4. The lowest BCUT2D eigenvalue weighted by Gasteiger charge is -2.15. The highest BCUT2D eigenvalue weighted by Gasteiger charge is 2.37. The molecule has 8 aromatic rings. The van der Waals surface area contributed by atoms with Crippen molar-refractivity contribution >= 4 is 128 Å². The molecular weight excluding hydrogens is 1710 g/mol. The molecule has 21 nitrogen and oxygen atoms in total. The summed E-state index contributed by atoms with van der Waals surface area (Å²) in [6.07, 6.45) is -12.8. The van der Waals surface area contributed by atoms with Gasteiger partial charge in [0.2, 0.25) is 23.6 Å². The first-order valence-corrected chi connectivity index (χ1v) is 40.7. The number of ether oxygens (including phenoxy) is 4. The van der Waals surface area contributed by atoms with E-state index in [0.717, 1.165) is 33.4 Å². The molecule has 4 aliphatic rings. The molecule has 35 heteroatoms. The Labute approximate surface area is 709 Å². The number of thioether (sulfide) groups is 1. The Kier molecular flexibility index (Phi) is 35.5. The van der Waals surface area contributed by atoms with Crippen LogP contribution < -0.4 is 40.9 Å². The van der Waals surface area contributed by atoms with Crippen molar-refractivity contribution in [1.82, 2.24) is 21.3 Å². The van der Waals surface area contributed by atoms with Gasteiger partial charge in [-0.2, -0.15) is 39.0 Å². The Hall–Kier alpha value is -10.8. The lowest BCUT2D eigenvalue weighted by atomic mass is 10.0. The SMILES string of the molecule is CC(=O)NC[C@H]1CN(c2ccc(-c3ccc(CCCCC(F)(F)F)cc3)c(F)c2)C(=O)O1.CC(=O)NC[C@H]1CN(c2ccc(-c3ccc(CCl)cc3)c(F)c2)C(=O)O1.CC(=O)NC[C@H]1CN(c2ccc(-c3ccc(CS)cc3)c(F)c2)C(=O)O1.CC(=O)NC[C@H]1CN(c2ccc(-c3ccc(CSC(C)=O)cc3)c(F)c2)C(=O)O1.FC(F)(F)CCBr. The van der Waals surface area contributed by atoms with E-state index in [1.165, 1.54) is 90.2 Å². The third-order valence-corrected chi connectivity index (χ3v) is 20.2. The quantitative estimate of drug-likeness (QED) is 0.0117. The topological polar surface area (TPSA) is 252 Å². The molecule has 4 saturated heterocycles. The van der Waals surface area contributed by atoms with Crippen LogP contribution in [0.2, 0.25) is 0 Å². The zero-order valence-corrected chi connectivity index (χ0v) is 69.5. The number of unbranched alkanes of at least 4 members (excludes halogenated alkanes) is 1. The van der Waals surface area contributed by atoms with Crippen LogP contribution in [0, 0.1) is 23.3 Å². The highest BCUT2D eigenvalue weighted by molar-refractivity contribution is 9.09. The fourth-order valence-corrected chi connectivity index (χ4v) is 13.6. The van der Waals surface area contributed by atoms with Crippen LogP contribution in [0.25, 0.3) is 44.5 Å². The van der Waals surface area contributed by atoms with Crippen LogP contribution >= 0.6 is 51.9 Å². The molecule has 0 aromatic heterocycles. The molecule has 4 N–H and O–H groups in total. The second-order valence-corrected chi connectivity index (χ2v) is 30.1. The van der Waals surface area contributed by atoms with Crippen molar-refractivity contribution in [2.24, 2.45) is 0 Å². The normalized spacial score (nSPS) is 16.0. The van der Waals surface area contributed by atoms with Crippen molar-refractivity contribution < 1.29 is 106 Å². The van der Waals surface area contributed by atoms with Gasteiger partial charge >= 0.3 is 36.7 Å². The van der Waals surface area contributed by atoms with Gasteiger partial charge in [-0.15, -0.1) is 11.6 Å². The number of anilines is 4. The van der Waals surface area contributed by atoms with Gasteiger partial charge in [0.1, 0.15) is 47.7 Å². The summed E-state index contributed by atoms with van der Waals surface area (Å²) in [4.78, 5) is 109. The molecule has 8 aromatic carbocycles. The van der Waals surface area contributed by atoms with Crippen LogP contribution in [0.1, 0.15) is 82.6 Å². The Bertz CT molecular complexity index is 4750. The average molecular weight is 1800 g/mol. The molecule has 12 rings (SSSR count). The molecule has 120 heavy (non-hydrogen) atoms. The van der Waals surface area contributed by atoms with E-state index < -0.39 is 97.3 Å². The van der Waals surface area contributed by atoms with Crippen LogP contribution in [-0.4, -0.2) is 148 Å². The van der Waals surface area contributed by atoms with Gasteiger partial charge < -0.3 is 40.2 Å². The summed E-state index contributed by atoms with van der Waals surface area (Å²) < 4.78 is 149. The third-order valence-electron chi connectivity index (χ3n) is 18.3. The molecule has 4 fully saturated rings. The van der Waals surface area contributed by atoms with E-state index in [9.17, 15) is 87.1 Å². The molecule has 0 aliphatic carbocycles. The minimum absolute atomic E-state index is 0.00347. The number of rotatable bonds is 25. The minimum Gasteiger partial charge on any atom is -0.442 e. The van der Waals surface area contributed by atoms with Gasteiger partial charge in [-0.1, -0.05) is 125 Å². The number of carbonyl (C=O) groups is 9. The lowest BCUT2D eigenvalue weighted by Crippen LogP contribution is -2.33. The second-order valence-electron chi connectivity index (χ2n) is 27.6. The average Bonchev–Trinajstić information content (AvgIpc) is 1.74. The van der Waals surface area contributed by atoms with Gasteiger partial charge in [-0.3, -0.25) is 43.6 Å². The first-order valence-electron chi connectivity index (χ1n) is 37.4. The lowest BCUT2D eigenvalue weighted by molar-refractivity contribution is -0.135. The number of alkyl halides is 8. The summed E-state index contributed by atoms with van der Waals surface area (Å²) in [6, 6.07) is 47.5. The minimum atomic E-state index is -4.13. The Morgan fingerprint density at radius 3 is 0.925 bits per heavy atom. The largest absolute Gasteiger partial charge is 0.442 e. The maximum absolute atomic E-state index is 14.8. The van der Waals surface area contributed by atoms with Crippen LogP contribution in [0.3, 0.4) is 0 Å². The van der Waals surface area contributed by atoms with E-state index in [2.05, 4.69) is 49.8 Å². The van der Waals surface area contributed by atoms with Gasteiger partial charge in [-0.25, -0.2) is 36.7 Å². The molecule has 0 spiro atoms. The van der Waals surface area contributed by atoms with Gasteiger partial charge in [0, 0.05) is 86.0 Å². The van der Waals surface area contributed by atoms with Crippen LogP contribution in [0.5, 0.6) is 0 Å². The molecule has 4 aliphatic heterocycles. The molecule has 0 radical (unpaired) electrons. The van der Waals surface area contributed by atoms with E-state index in [1.807, 2.05) is 72.8 Å². The van der Waals surface area contributed by atoms with Gasteiger partial charge in [0.15, 0.2) is 5.12 Å². The summed E-state index contributed by atoms with van der Waals surface area (Å²) in [5, 5.41) is 10.4. The molecule has 8 amide bonds. The highest BCUT2D eigenvalue weighted by Crippen LogP contribution is 2.36. The van der Waals surface area contributed by atoms with Crippen molar-refractivity contribution in [1.29, 1.82) is 0 Å². The number of thiol groups is 1. The number of hydrogen-bond acceptors (Lipinski definition) is 15. The van der Waals surface area contributed by atoms with E-state index >= 15 is 0 Å². The van der Waals surface area contributed by atoms with Gasteiger partial charge in [0.05, 0.1) is 81.5 Å². The van der Waals surface area contributed by atoms with Gasteiger partial charge in [-0.05, 0) is 137 Å². The van der Waals surface area contributed by atoms with E-state index in [-0.39, 0.29) is 92.9 Å². The molecule has 4 atom stereocenters. The number of amides is 8. The fourth-order valence-electron chi connectivity index (χ4n) is 12.2. The predicted molar refractivity (Wildman–Crippen MR) is 445 cm³/mol. The number of nitrogens with zero attached hydrogens (tertiary/aromatic N) is 4. The van der Waals surface area contributed by atoms with Crippen molar-refractivity contribution in [3.8, 4) is 44.5 Å². The second kappa shape index (κ2) is 45.0. The molecule has 0 saturated carbocycles. The third kappa shape index (κ3) is 29.6. The molecule has 0 unspecified atom stereocenters. The molecule has 4 heterocycles. The summed E-state index contributed by atoms with van der Waals surface area (Å²) in [7, 11) is 0. The number of cyclic esters (lactones) is 4. The van der Waals surface area contributed by atoms with Crippen LogP contribution in [0.4, 0.5) is 85.8 Å². The van der Waals surface area contributed by atoms with Crippen molar-refractivity contribution in [2.75, 3.05) is 77.3 Å². The van der Waals surface area contributed by atoms with Crippen molar-refractivity contribution in [3.05, 3.63) is 215 Å². The number of halogens is 12. The number of benzene rings is 8. The zero-order valence-electron chi connectivity index (χ0n) is 65.5. The van der Waals surface area contributed by atoms with E-state index in [1.54, 1.807) is 72.8 Å². The summed E-state index contributed by atoms with van der Waals surface area (Å²) in [5.74, 6) is -1.05. The number of hydrogen-bond donors (Lipinski definition) is 5. The molecular formula is C85H86BrClF10N8O13S2. The highest BCUT2D eigenvalue weighted by atomic mass is 79.9. The van der Waals surface area contributed by atoms with Gasteiger partial charge in [0.25, 0.3) is 0 Å². The smallest absolute Gasteiger partial charge is 0.414 e. The fraction of sp³-hybridized carbons (Fsp3) is 0.329. The monoisotopic (exact) mass is 1790 g/mol. The van der Waals surface area contributed by atoms with Crippen molar-refractivity contribution in [2.45, 2.75) is 121 Å². The van der Waals surface area contributed by atoms with Crippen LogP contribution in [0.15, 0.2) is 170 Å². The summed E-state index contributed by atoms with van der Waals surface area (Å²) in [6.45, 7) is 8.86. The first kappa shape index (κ1) is 94.6. The maximum Gasteiger partial charge on any atom is 0.414 e.